The third kappa shape index (κ3) is 4.12. The molecular weight excluding hydrogens is 332 g/mol. The minimum absolute atomic E-state index is 0. The molecule has 0 atom stereocenters. The summed E-state index contributed by atoms with van der Waals surface area (Å²) in [6.07, 6.45) is 0.845. The zero-order valence-electron chi connectivity index (χ0n) is 12.8. The van der Waals surface area contributed by atoms with Crippen molar-refractivity contribution in [2.45, 2.75) is 11.3 Å². The number of sulfonamides is 1. The van der Waals surface area contributed by atoms with Gasteiger partial charge in [0.1, 0.15) is 0 Å². The van der Waals surface area contributed by atoms with Crippen molar-refractivity contribution in [3.8, 4) is 11.1 Å². The average molecular weight is 353 g/mol. The monoisotopic (exact) mass is 352 g/mol. The van der Waals surface area contributed by atoms with E-state index in [0.717, 1.165) is 24.1 Å². The van der Waals surface area contributed by atoms with Crippen LogP contribution >= 0.6 is 12.4 Å². The highest BCUT2D eigenvalue weighted by Crippen LogP contribution is 2.24. The van der Waals surface area contributed by atoms with Crippen molar-refractivity contribution in [1.82, 2.24) is 9.62 Å². The Hall–Kier alpha value is -1.40. The molecule has 1 heterocycles. The number of rotatable bonds is 3. The maximum absolute atomic E-state index is 12.8. The van der Waals surface area contributed by atoms with Crippen molar-refractivity contribution < 1.29 is 8.42 Å². The first-order valence-electron chi connectivity index (χ1n) is 7.54. The summed E-state index contributed by atoms with van der Waals surface area (Å²) in [5.74, 6) is 0. The number of benzene rings is 2. The predicted molar refractivity (Wildman–Crippen MR) is 95.4 cm³/mol. The first-order valence-corrected chi connectivity index (χ1v) is 8.98. The van der Waals surface area contributed by atoms with Gasteiger partial charge in [0.15, 0.2) is 0 Å². The summed E-state index contributed by atoms with van der Waals surface area (Å²) in [5, 5.41) is 3.23. The van der Waals surface area contributed by atoms with Gasteiger partial charge in [-0.2, -0.15) is 4.31 Å². The van der Waals surface area contributed by atoms with Gasteiger partial charge in [-0.05, 0) is 36.2 Å². The van der Waals surface area contributed by atoms with Gasteiger partial charge in [0.25, 0.3) is 0 Å². The van der Waals surface area contributed by atoms with Crippen LogP contribution in [0.25, 0.3) is 11.1 Å². The van der Waals surface area contributed by atoms with E-state index in [4.69, 9.17) is 0 Å². The molecule has 23 heavy (non-hydrogen) atoms. The molecule has 1 aliphatic heterocycles. The van der Waals surface area contributed by atoms with E-state index in [1.165, 1.54) is 0 Å². The van der Waals surface area contributed by atoms with Gasteiger partial charge in [-0.25, -0.2) is 8.42 Å². The second-order valence-corrected chi connectivity index (χ2v) is 7.34. The molecule has 4 nitrogen and oxygen atoms in total. The molecule has 3 rings (SSSR count). The maximum atomic E-state index is 12.8. The van der Waals surface area contributed by atoms with Gasteiger partial charge in [0, 0.05) is 19.6 Å². The zero-order chi connectivity index (χ0) is 15.4. The largest absolute Gasteiger partial charge is 0.315 e. The minimum Gasteiger partial charge on any atom is -0.315 e. The highest BCUT2D eigenvalue weighted by atomic mass is 35.5. The number of halogens is 1. The molecule has 0 spiro atoms. The molecule has 1 N–H and O–H groups in total. The Morgan fingerprint density at radius 3 is 2.39 bits per heavy atom. The standard InChI is InChI=1S/C17H20N2O2S.ClH/c20-22(21,19-12-5-10-18-11-13-19)17-9-4-8-16(14-17)15-6-2-1-3-7-15;/h1-4,6-9,14,18H,5,10-13H2;1H. The van der Waals surface area contributed by atoms with E-state index in [9.17, 15) is 8.42 Å². The molecule has 0 bridgehead atoms. The van der Waals surface area contributed by atoms with E-state index in [2.05, 4.69) is 5.32 Å². The summed E-state index contributed by atoms with van der Waals surface area (Å²) in [5.41, 5.74) is 1.95. The normalized spacial score (nSPS) is 16.3. The molecule has 1 saturated heterocycles. The van der Waals surface area contributed by atoms with Crippen LogP contribution in [0.1, 0.15) is 6.42 Å². The summed E-state index contributed by atoms with van der Waals surface area (Å²) in [7, 11) is -3.42. The number of nitrogens with zero attached hydrogens (tertiary/aromatic N) is 1. The first-order chi connectivity index (χ1) is 10.7. The van der Waals surface area contributed by atoms with Crippen LogP contribution in [-0.2, 0) is 10.0 Å². The SMILES string of the molecule is Cl.O=S(=O)(c1cccc(-c2ccccc2)c1)N1CCCNCC1. The van der Waals surface area contributed by atoms with Gasteiger partial charge in [0.2, 0.25) is 10.0 Å². The summed E-state index contributed by atoms with van der Waals surface area (Å²) in [4.78, 5) is 0.371. The van der Waals surface area contributed by atoms with Crippen molar-refractivity contribution in [3.63, 3.8) is 0 Å². The van der Waals surface area contributed by atoms with E-state index >= 15 is 0 Å². The lowest BCUT2D eigenvalue weighted by molar-refractivity contribution is 0.432. The van der Waals surface area contributed by atoms with Crippen molar-refractivity contribution in [2.24, 2.45) is 0 Å². The van der Waals surface area contributed by atoms with Gasteiger partial charge < -0.3 is 5.32 Å². The van der Waals surface area contributed by atoms with Crippen LogP contribution in [-0.4, -0.2) is 38.9 Å². The highest BCUT2D eigenvalue weighted by molar-refractivity contribution is 7.89. The van der Waals surface area contributed by atoms with E-state index in [0.29, 0.717) is 24.5 Å². The number of hydrogen-bond donors (Lipinski definition) is 1. The molecule has 0 saturated carbocycles. The van der Waals surface area contributed by atoms with E-state index in [1.807, 2.05) is 42.5 Å². The van der Waals surface area contributed by atoms with E-state index in [1.54, 1.807) is 16.4 Å². The van der Waals surface area contributed by atoms with Crippen molar-refractivity contribution >= 4 is 22.4 Å². The summed E-state index contributed by atoms with van der Waals surface area (Å²) in [6.45, 7) is 2.68. The molecular formula is C17H21ClN2O2S. The molecule has 0 radical (unpaired) electrons. The lowest BCUT2D eigenvalue weighted by Crippen LogP contribution is -2.34. The molecule has 0 aromatic heterocycles. The molecule has 1 fully saturated rings. The summed E-state index contributed by atoms with van der Waals surface area (Å²) < 4.78 is 27.2. The summed E-state index contributed by atoms with van der Waals surface area (Å²) in [6, 6.07) is 17.0. The zero-order valence-corrected chi connectivity index (χ0v) is 14.4. The van der Waals surface area contributed by atoms with E-state index < -0.39 is 10.0 Å². The third-order valence-electron chi connectivity index (χ3n) is 3.88. The van der Waals surface area contributed by atoms with Crippen molar-refractivity contribution in [3.05, 3.63) is 54.6 Å². The average Bonchev–Trinajstić information content (AvgIpc) is 2.86. The lowest BCUT2D eigenvalue weighted by atomic mass is 10.1. The van der Waals surface area contributed by atoms with Crippen molar-refractivity contribution in [2.75, 3.05) is 26.2 Å². The van der Waals surface area contributed by atoms with Crippen molar-refractivity contribution in [1.29, 1.82) is 0 Å². The Bertz CT molecular complexity index is 727. The molecule has 6 heteroatoms. The van der Waals surface area contributed by atoms with Gasteiger partial charge in [-0.1, -0.05) is 42.5 Å². The Balaban J connectivity index is 0.00000192. The Kier molecular flexibility index (Phi) is 6.18. The highest BCUT2D eigenvalue weighted by Gasteiger charge is 2.25. The van der Waals surface area contributed by atoms with Crippen LogP contribution in [0.2, 0.25) is 0 Å². The minimum atomic E-state index is -3.42. The topological polar surface area (TPSA) is 49.4 Å². The molecule has 1 aliphatic rings. The van der Waals surface area contributed by atoms with Crippen LogP contribution < -0.4 is 5.32 Å². The van der Waals surface area contributed by atoms with Gasteiger partial charge in [0.05, 0.1) is 4.90 Å². The maximum Gasteiger partial charge on any atom is 0.243 e. The van der Waals surface area contributed by atoms with Crippen LogP contribution in [0.5, 0.6) is 0 Å². The first kappa shape index (κ1) is 17.9. The summed E-state index contributed by atoms with van der Waals surface area (Å²) >= 11 is 0. The molecule has 0 amide bonds. The Morgan fingerprint density at radius 1 is 0.870 bits per heavy atom. The number of hydrogen-bond acceptors (Lipinski definition) is 3. The fourth-order valence-electron chi connectivity index (χ4n) is 2.68. The second-order valence-electron chi connectivity index (χ2n) is 5.40. The van der Waals surface area contributed by atoms with Crippen LogP contribution in [0.15, 0.2) is 59.5 Å². The number of nitrogens with one attached hydrogen (secondary N) is 1. The van der Waals surface area contributed by atoms with Crippen LogP contribution in [0, 0.1) is 0 Å². The van der Waals surface area contributed by atoms with Gasteiger partial charge in [-0.15, -0.1) is 12.4 Å². The molecule has 124 valence electrons. The quantitative estimate of drug-likeness (QED) is 0.924. The third-order valence-corrected chi connectivity index (χ3v) is 5.77. The Morgan fingerprint density at radius 2 is 1.61 bits per heavy atom. The van der Waals surface area contributed by atoms with Crippen LogP contribution in [0.4, 0.5) is 0 Å². The van der Waals surface area contributed by atoms with E-state index in [-0.39, 0.29) is 12.4 Å². The fourth-order valence-corrected chi connectivity index (χ4v) is 4.20. The molecule has 2 aromatic rings. The molecule has 0 unspecified atom stereocenters. The second kappa shape index (κ2) is 7.93. The van der Waals surface area contributed by atoms with Crippen LogP contribution in [0.3, 0.4) is 0 Å². The molecule has 2 aromatic carbocycles. The predicted octanol–water partition coefficient (Wildman–Crippen LogP) is 2.76. The smallest absolute Gasteiger partial charge is 0.243 e. The van der Waals surface area contributed by atoms with Gasteiger partial charge >= 0.3 is 0 Å². The fraction of sp³-hybridized carbons (Fsp3) is 0.294. The Labute approximate surface area is 144 Å². The van der Waals surface area contributed by atoms with Gasteiger partial charge in [-0.3, -0.25) is 0 Å². The lowest BCUT2D eigenvalue weighted by Gasteiger charge is -2.20. The molecule has 0 aliphatic carbocycles.